The zero-order valence-electron chi connectivity index (χ0n) is 14.2. The molecule has 0 aromatic carbocycles. The van der Waals surface area contributed by atoms with Crippen LogP contribution < -0.4 is 5.32 Å². The Labute approximate surface area is 127 Å². The second kappa shape index (κ2) is 11.5. The molecule has 1 atom stereocenters. The van der Waals surface area contributed by atoms with Crippen LogP contribution in [-0.4, -0.2) is 61.7 Å². The van der Waals surface area contributed by atoms with Crippen LogP contribution in [0.15, 0.2) is 0 Å². The molecule has 1 rings (SSSR count). The first kappa shape index (κ1) is 17.9. The molecule has 0 bridgehead atoms. The van der Waals surface area contributed by atoms with Crippen molar-refractivity contribution in [3.63, 3.8) is 0 Å². The van der Waals surface area contributed by atoms with E-state index < -0.39 is 0 Å². The second-order valence-electron chi connectivity index (χ2n) is 6.10. The predicted octanol–water partition coefficient (Wildman–Crippen LogP) is 2.96. The van der Waals surface area contributed by atoms with Crippen molar-refractivity contribution >= 4 is 0 Å². The summed E-state index contributed by atoms with van der Waals surface area (Å²) in [5.41, 5.74) is 0. The van der Waals surface area contributed by atoms with Gasteiger partial charge in [0, 0.05) is 6.04 Å². The summed E-state index contributed by atoms with van der Waals surface area (Å²) >= 11 is 0. The summed E-state index contributed by atoms with van der Waals surface area (Å²) in [6, 6.07) is 0.804. The van der Waals surface area contributed by atoms with Crippen molar-refractivity contribution in [1.82, 2.24) is 15.1 Å². The molecule has 1 aliphatic rings. The number of piperidine rings is 1. The minimum atomic E-state index is 0.804. The van der Waals surface area contributed by atoms with Gasteiger partial charge in [-0.3, -0.25) is 0 Å². The van der Waals surface area contributed by atoms with Crippen molar-refractivity contribution < 1.29 is 0 Å². The first-order chi connectivity index (χ1) is 9.80. The van der Waals surface area contributed by atoms with E-state index in [-0.39, 0.29) is 0 Å². The van der Waals surface area contributed by atoms with E-state index in [0.717, 1.165) is 6.04 Å². The van der Waals surface area contributed by atoms with Gasteiger partial charge in [0.15, 0.2) is 0 Å². The molecule has 120 valence electrons. The molecule has 0 saturated carbocycles. The predicted molar refractivity (Wildman–Crippen MR) is 89.4 cm³/mol. The molecule has 0 aliphatic carbocycles. The largest absolute Gasteiger partial charge is 0.314 e. The number of hydrogen-bond acceptors (Lipinski definition) is 3. The topological polar surface area (TPSA) is 18.5 Å². The fourth-order valence-electron chi connectivity index (χ4n) is 3.22. The molecular formula is C17H37N3. The highest BCUT2D eigenvalue weighted by Gasteiger charge is 2.12. The van der Waals surface area contributed by atoms with Gasteiger partial charge in [-0.05, 0) is 77.9 Å². The summed E-state index contributed by atoms with van der Waals surface area (Å²) in [4.78, 5) is 5.16. The average Bonchev–Trinajstić information content (AvgIpc) is 2.51. The number of rotatable bonds is 11. The molecule has 3 nitrogen and oxygen atoms in total. The molecule has 0 amide bonds. The van der Waals surface area contributed by atoms with Crippen LogP contribution in [0.4, 0.5) is 0 Å². The Bertz CT molecular complexity index is 210. The Morgan fingerprint density at radius 2 is 1.50 bits per heavy atom. The molecule has 3 heteroatoms. The second-order valence-corrected chi connectivity index (χ2v) is 6.10. The molecule has 1 heterocycles. The Hall–Kier alpha value is -0.120. The lowest BCUT2D eigenvalue weighted by Crippen LogP contribution is -2.35. The summed E-state index contributed by atoms with van der Waals surface area (Å²) in [6.07, 6.45) is 8.25. The first-order valence-corrected chi connectivity index (χ1v) is 8.98. The average molecular weight is 284 g/mol. The Morgan fingerprint density at radius 3 is 2.10 bits per heavy atom. The normalized spacial score (nSPS) is 19.9. The highest BCUT2D eigenvalue weighted by atomic mass is 15.1. The van der Waals surface area contributed by atoms with E-state index in [9.17, 15) is 0 Å². The zero-order chi connectivity index (χ0) is 14.6. The van der Waals surface area contributed by atoms with Gasteiger partial charge in [-0.25, -0.2) is 0 Å². The Kier molecular flexibility index (Phi) is 10.3. The summed E-state index contributed by atoms with van der Waals surface area (Å²) < 4.78 is 0. The number of nitrogens with zero attached hydrogens (tertiary/aromatic N) is 2. The van der Waals surface area contributed by atoms with Gasteiger partial charge in [0.1, 0.15) is 0 Å². The minimum absolute atomic E-state index is 0.804. The van der Waals surface area contributed by atoms with Gasteiger partial charge in [-0.1, -0.05) is 27.2 Å². The van der Waals surface area contributed by atoms with Crippen molar-refractivity contribution in [2.75, 3.05) is 45.8 Å². The van der Waals surface area contributed by atoms with E-state index in [0.29, 0.717) is 0 Å². The lowest BCUT2D eigenvalue weighted by molar-refractivity contribution is 0.236. The SMILES string of the molecule is CCN(CC)CCCN(CC)CCCC1CCCCN1. The van der Waals surface area contributed by atoms with E-state index >= 15 is 0 Å². The molecule has 0 spiro atoms. The van der Waals surface area contributed by atoms with E-state index in [1.807, 2.05) is 0 Å². The Balaban J connectivity index is 2.06. The zero-order valence-corrected chi connectivity index (χ0v) is 14.2. The van der Waals surface area contributed by atoms with Crippen LogP contribution in [0.25, 0.3) is 0 Å². The van der Waals surface area contributed by atoms with Gasteiger partial charge in [0.2, 0.25) is 0 Å². The maximum Gasteiger partial charge on any atom is 0.00675 e. The van der Waals surface area contributed by atoms with Gasteiger partial charge in [-0.15, -0.1) is 0 Å². The third-order valence-corrected chi connectivity index (χ3v) is 4.73. The Morgan fingerprint density at radius 1 is 0.850 bits per heavy atom. The molecule has 1 unspecified atom stereocenters. The van der Waals surface area contributed by atoms with E-state index in [1.54, 1.807) is 0 Å². The highest BCUT2D eigenvalue weighted by molar-refractivity contribution is 4.72. The fraction of sp³-hybridized carbons (Fsp3) is 1.00. The van der Waals surface area contributed by atoms with Crippen LogP contribution in [0.2, 0.25) is 0 Å². The van der Waals surface area contributed by atoms with Crippen LogP contribution in [-0.2, 0) is 0 Å². The van der Waals surface area contributed by atoms with Crippen LogP contribution >= 0.6 is 0 Å². The molecule has 1 saturated heterocycles. The third-order valence-electron chi connectivity index (χ3n) is 4.73. The van der Waals surface area contributed by atoms with E-state index in [2.05, 4.69) is 35.9 Å². The van der Waals surface area contributed by atoms with Crippen molar-refractivity contribution in [3.05, 3.63) is 0 Å². The van der Waals surface area contributed by atoms with E-state index in [1.165, 1.54) is 84.3 Å². The maximum atomic E-state index is 3.66. The van der Waals surface area contributed by atoms with Crippen LogP contribution in [0.1, 0.15) is 59.3 Å². The molecule has 1 fully saturated rings. The smallest absolute Gasteiger partial charge is 0.00675 e. The molecule has 0 aromatic heterocycles. The number of hydrogen-bond donors (Lipinski definition) is 1. The van der Waals surface area contributed by atoms with Crippen molar-refractivity contribution in [2.45, 2.75) is 65.3 Å². The maximum absolute atomic E-state index is 3.66. The molecule has 0 aromatic rings. The monoisotopic (exact) mass is 283 g/mol. The number of nitrogens with one attached hydrogen (secondary N) is 1. The standard InChI is InChI=1S/C17H37N3/c1-4-19(5-2)15-10-16-20(6-3)14-9-12-17-11-7-8-13-18-17/h17-18H,4-16H2,1-3H3. The van der Waals surface area contributed by atoms with Gasteiger partial charge in [0.05, 0.1) is 0 Å². The van der Waals surface area contributed by atoms with Crippen molar-refractivity contribution in [1.29, 1.82) is 0 Å². The molecular weight excluding hydrogens is 246 g/mol. The van der Waals surface area contributed by atoms with E-state index in [4.69, 9.17) is 0 Å². The van der Waals surface area contributed by atoms with Gasteiger partial charge in [-0.2, -0.15) is 0 Å². The van der Waals surface area contributed by atoms with Crippen LogP contribution in [0.3, 0.4) is 0 Å². The van der Waals surface area contributed by atoms with Gasteiger partial charge < -0.3 is 15.1 Å². The lowest BCUT2D eigenvalue weighted by Gasteiger charge is -2.26. The molecule has 1 N–H and O–H groups in total. The fourth-order valence-corrected chi connectivity index (χ4v) is 3.22. The molecule has 0 radical (unpaired) electrons. The minimum Gasteiger partial charge on any atom is -0.314 e. The van der Waals surface area contributed by atoms with Gasteiger partial charge >= 0.3 is 0 Å². The van der Waals surface area contributed by atoms with Crippen LogP contribution in [0.5, 0.6) is 0 Å². The summed E-state index contributed by atoms with van der Waals surface area (Å²) in [6.45, 7) is 15.5. The lowest BCUT2D eigenvalue weighted by atomic mass is 10.0. The summed E-state index contributed by atoms with van der Waals surface area (Å²) in [7, 11) is 0. The van der Waals surface area contributed by atoms with Gasteiger partial charge in [0.25, 0.3) is 0 Å². The third kappa shape index (κ3) is 7.61. The van der Waals surface area contributed by atoms with Crippen LogP contribution in [0, 0.1) is 0 Å². The van der Waals surface area contributed by atoms with Crippen molar-refractivity contribution in [3.8, 4) is 0 Å². The molecule has 1 aliphatic heterocycles. The summed E-state index contributed by atoms with van der Waals surface area (Å²) in [5.74, 6) is 0. The summed E-state index contributed by atoms with van der Waals surface area (Å²) in [5, 5.41) is 3.66. The first-order valence-electron chi connectivity index (χ1n) is 8.98. The quantitative estimate of drug-likeness (QED) is 0.629. The highest BCUT2D eigenvalue weighted by Crippen LogP contribution is 2.12. The molecule has 20 heavy (non-hydrogen) atoms. The van der Waals surface area contributed by atoms with Crippen molar-refractivity contribution in [2.24, 2.45) is 0 Å².